The number of likely N-dealkylation sites (N-methyl/N-ethyl adjacent to an activating group) is 1. The van der Waals surface area contributed by atoms with Crippen LogP contribution in [0.2, 0.25) is 0 Å². The van der Waals surface area contributed by atoms with Crippen molar-refractivity contribution in [2.45, 2.75) is 44.3 Å². The summed E-state index contributed by atoms with van der Waals surface area (Å²) in [5.41, 5.74) is 1.42. The summed E-state index contributed by atoms with van der Waals surface area (Å²) in [6.07, 6.45) is 4.80. The lowest BCUT2D eigenvalue weighted by molar-refractivity contribution is -0.130. The number of benzene rings is 1. The highest BCUT2D eigenvalue weighted by Crippen LogP contribution is 2.17. The van der Waals surface area contributed by atoms with E-state index in [1.54, 1.807) is 4.90 Å². The summed E-state index contributed by atoms with van der Waals surface area (Å²) < 4.78 is 0. The molecule has 3 rings (SSSR count). The van der Waals surface area contributed by atoms with Crippen LogP contribution >= 0.6 is 0 Å². The fourth-order valence-electron chi connectivity index (χ4n) is 4.02. The monoisotopic (exact) mass is 358 g/mol. The van der Waals surface area contributed by atoms with Crippen LogP contribution in [-0.4, -0.2) is 79.5 Å². The minimum absolute atomic E-state index is 0.210. The van der Waals surface area contributed by atoms with E-state index >= 15 is 0 Å². The number of hydrogen-bond donors (Lipinski definition) is 1. The summed E-state index contributed by atoms with van der Waals surface area (Å²) in [4.78, 5) is 18.4. The fraction of sp³-hybridized carbons (Fsp3) is 0.667. The van der Waals surface area contributed by atoms with Crippen molar-refractivity contribution in [1.82, 2.24) is 20.0 Å². The van der Waals surface area contributed by atoms with Crippen LogP contribution in [0.5, 0.6) is 0 Å². The van der Waals surface area contributed by atoms with E-state index in [1.165, 1.54) is 31.5 Å². The summed E-state index contributed by atoms with van der Waals surface area (Å²) in [5, 5.41) is 3.89. The Morgan fingerprint density at radius 2 is 1.50 bits per heavy atom. The van der Waals surface area contributed by atoms with Gasteiger partial charge in [-0.2, -0.15) is 0 Å². The first-order valence-corrected chi connectivity index (χ1v) is 10.0. The predicted octanol–water partition coefficient (Wildman–Crippen LogP) is 1.79. The lowest BCUT2D eigenvalue weighted by Gasteiger charge is -2.37. The highest BCUT2D eigenvalue weighted by atomic mass is 16.2. The molecule has 2 heterocycles. The second-order valence-corrected chi connectivity index (χ2v) is 8.04. The van der Waals surface area contributed by atoms with E-state index in [9.17, 15) is 4.79 Å². The van der Waals surface area contributed by atoms with Crippen molar-refractivity contribution in [1.29, 1.82) is 0 Å². The van der Waals surface area contributed by atoms with Crippen LogP contribution in [0.25, 0.3) is 0 Å². The van der Waals surface area contributed by atoms with Gasteiger partial charge in [0.25, 0.3) is 0 Å². The molecule has 2 fully saturated rings. The first-order valence-electron chi connectivity index (χ1n) is 10.0. The summed E-state index contributed by atoms with van der Waals surface area (Å²) in [7, 11) is 3.67. The third-order valence-corrected chi connectivity index (χ3v) is 5.75. The van der Waals surface area contributed by atoms with Gasteiger partial charge < -0.3 is 10.2 Å². The quantitative estimate of drug-likeness (QED) is 0.842. The maximum Gasteiger partial charge on any atom is 0.236 e. The summed E-state index contributed by atoms with van der Waals surface area (Å²) >= 11 is 0. The van der Waals surface area contributed by atoms with E-state index in [0.717, 1.165) is 32.5 Å². The standard InChI is InChI=1S/C21H34N4O/c1-23(2)21(26)17-25-14-10-20(11-15-25)22-19-8-12-24(13-9-19)16-18-6-4-3-5-7-18/h3-7,19-20,22H,8-17H2,1-2H3. The molecule has 1 amide bonds. The highest BCUT2D eigenvalue weighted by Gasteiger charge is 2.25. The molecule has 26 heavy (non-hydrogen) atoms. The number of amides is 1. The Balaban J connectivity index is 1.33. The molecule has 0 spiro atoms. The van der Waals surface area contributed by atoms with E-state index in [-0.39, 0.29) is 5.91 Å². The summed E-state index contributed by atoms with van der Waals surface area (Å²) in [5.74, 6) is 0.210. The first kappa shape index (κ1) is 19.3. The van der Waals surface area contributed by atoms with Gasteiger partial charge in [-0.3, -0.25) is 14.6 Å². The molecule has 0 aromatic heterocycles. The van der Waals surface area contributed by atoms with Crippen LogP contribution in [0.1, 0.15) is 31.2 Å². The Labute approximate surface area is 158 Å². The van der Waals surface area contributed by atoms with Gasteiger partial charge in [-0.15, -0.1) is 0 Å². The number of nitrogens with zero attached hydrogens (tertiary/aromatic N) is 3. The van der Waals surface area contributed by atoms with E-state index in [1.807, 2.05) is 14.1 Å². The molecule has 0 bridgehead atoms. The minimum atomic E-state index is 0.210. The Morgan fingerprint density at radius 1 is 0.962 bits per heavy atom. The van der Waals surface area contributed by atoms with Gasteiger partial charge in [0.1, 0.15) is 0 Å². The Kier molecular flexibility index (Phi) is 7.06. The van der Waals surface area contributed by atoms with E-state index in [4.69, 9.17) is 0 Å². The third kappa shape index (κ3) is 5.79. The average Bonchev–Trinajstić information content (AvgIpc) is 2.66. The summed E-state index contributed by atoms with van der Waals surface area (Å²) in [6, 6.07) is 12.1. The van der Waals surface area contributed by atoms with Crippen molar-refractivity contribution >= 4 is 5.91 Å². The van der Waals surface area contributed by atoms with Gasteiger partial charge in [-0.05, 0) is 44.3 Å². The van der Waals surface area contributed by atoms with Gasteiger partial charge in [0, 0.05) is 45.8 Å². The van der Waals surface area contributed by atoms with Crippen molar-refractivity contribution in [3.8, 4) is 0 Å². The molecule has 0 aliphatic carbocycles. The molecule has 0 atom stereocenters. The molecule has 5 heteroatoms. The van der Waals surface area contributed by atoms with Crippen molar-refractivity contribution in [3.63, 3.8) is 0 Å². The van der Waals surface area contributed by atoms with Gasteiger partial charge in [0.2, 0.25) is 5.91 Å². The van der Waals surface area contributed by atoms with Gasteiger partial charge >= 0.3 is 0 Å². The largest absolute Gasteiger partial charge is 0.348 e. The number of piperidine rings is 2. The zero-order chi connectivity index (χ0) is 18.4. The van der Waals surface area contributed by atoms with Gasteiger partial charge in [-0.1, -0.05) is 30.3 Å². The zero-order valence-electron chi connectivity index (χ0n) is 16.4. The SMILES string of the molecule is CN(C)C(=O)CN1CCC(NC2CCN(Cc3ccccc3)CC2)CC1. The molecule has 5 nitrogen and oxygen atoms in total. The Bertz CT molecular complexity index is 546. The second-order valence-electron chi connectivity index (χ2n) is 8.04. The van der Waals surface area contributed by atoms with Crippen LogP contribution < -0.4 is 5.32 Å². The van der Waals surface area contributed by atoms with Gasteiger partial charge in [0.05, 0.1) is 6.54 Å². The van der Waals surface area contributed by atoms with E-state index < -0.39 is 0 Å². The van der Waals surface area contributed by atoms with Crippen molar-refractivity contribution in [2.75, 3.05) is 46.8 Å². The number of nitrogens with one attached hydrogen (secondary N) is 1. The van der Waals surface area contributed by atoms with Crippen molar-refractivity contribution in [2.24, 2.45) is 0 Å². The number of carbonyl (C=O) groups is 1. The number of rotatable bonds is 6. The molecular weight excluding hydrogens is 324 g/mol. The second kappa shape index (κ2) is 9.49. The van der Waals surface area contributed by atoms with Crippen molar-refractivity contribution in [3.05, 3.63) is 35.9 Å². The Morgan fingerprint density at radius 3 is 2.04 bits per heavy atom. The normalized spacial score (nSPS) is 21.0. The lowest BCUT2D eigenvalue weighted by Crippen LogP contribution is -2.50. The van der Waals surface area contributed by atoms with Gasteiger partial charge in [-0.25, -0.2) is 0 Å². The average molecular weight is 359 g/mol. The molecule has 1 N–H and O–H groups in total. The topological polar surface area (TPSA) is 38.8 Å². The maximum atomic E-state index is 11.8. The van der Waals surface area contributed by atoms with E-state index in [0.29, 0.717) is 18.6 Å². The molecular formula is C21H34N4O. The molecule has 0 radical (unpaired) electrons. The third-order valence-electron chi connectivity index (χ3n) is 5.75. The smallest absolute Gasteiger partial charge is 0.236 e. The van der Waals surface area contributed by atoms with Crippen LogP contribution in [0.3, 0.4) is 0 Å². The van der Waals surface area contributed by atoms with Crippen LogP contribution in [-0.2, 0) is 11.3 Å². The molecule has 2 aliphatic rings. The molecule has 1 aromatic rings. The number of likely N-dealkylation sites (tertiary alicyclic amines) is 2. The highest BCUT2D eigenvalue weighted by molar-refractivity contribution is 5.77. The number of hydrogen-bond acceptors (Lipinski definition) is 4. The van der Waals surface area contributed by atoms with Crippen LogP contribution in [0.15, 0.2) is 30.3 Å². The molecule has 0 unspecified atom stereocenters. The Hall–Kier alpha value is -1.43. The van der Waals surface area contributed by atoms with Gasteiger partial charge in [0.15, 0.2) is 0 Å². The molecule has 2 aliphatic heterocycles. The molecule has 1 aromatic carbocycles. The maximum absolute atomic E-state index is 11.8. The molecule has 144 valence electrons. The van der Waals surface area contributed by atoms with Crippen LogP contribution in [0.4, 0.5) is 0 Å². The predicted molar refractivity (Wildman–Crippen MR) is 106 cm³/mol. The van der Waals surface area contributed by atoms with Crippen molar-refractivity contribution < 1.29 is 4.79 Å². The number of carbonyl (C=O) groups excluding carboxylic acids is 1. The molecule has 2 saturated heterocycles. The first-order chi connectivity index (χ1) is 12.6. The fourth-order valence-corrected chi connectivity index (χ4v) is 4.02. The minimum Gasteiger partial charge on any atom is -0.348 e. The molecule has 0 saturated carbocycles. The van der Waals surface area contributed by atoms with E-state index in [2.05, 4.69) is 45.4 Å². The zero-order valence-corrected chi connectivity index (χ0v) is 16.4. The van der Waals surface area contributed by atoms with Crippen LogP contribution in [0, 0.1) is 0 Å². The lowest BCUT2D eigenvalue weighted by atomic mass is 9.99. The summed E-state index contributed by atoms with van der Waals surface area (Å²) in [6.45, 7) is 6.07.